The Morgan fingerprint density at radius 2 is 1.67 bits per heavy atom. The molecule has 0 radical (unpaired) electrons. The topological polar surface area (TPSA) is 29.1 Å². The van der Waals surface area contributed by atoms with Gasteiger partial charge in [-0.15, -0.1) is 0 Å². The van der Waals surface area contributed by atoms with Crippen LogP contribution in [0.5, 0.6) is 0 Å². The zero-order chi connectivity index (χ0) is 15.2. The molecular weight excluding hydrogens is 279 g/mol. The van der Waals surface area contributed by atoms with Gasteiger partial charge in [-0.2, -0.15) is 0 Å². The summed E-state index contributed by atoms with van der Waals surface area (Å²) in [6.45, 7) is 0. The van der Waals surface area contributed by atoms with Crippen LogP contribution in [0.4, 0.5) is 18.9 Å². The first-order valence-corrected chi connectivity index (χ1v) is 6.55. The Bertz CT molecular complexity index is 629. The quantitative estimate of drug-likeness (QED) is 0.827. The van der Waals surface area contributed by atoms with Crippen LogP contribution in [0, 0.1) is 17.5 Å². The van der Waals surface area contributed by atoms with E-state index in [1.807, 2.05) is 30.3 Å². The molecular formula is C16H14F3NO. The van der Waals surface area contributed by atoms with Gasteiger partial charge in [0.15, 0.2) is 17.5 Å². The maximum atomic E-state index is 13.4. The van der Waals surface area contributed by atoms with Crippen molar-refractivity contribution in [1.82, 2.24) is 0 Å². The van der Waals surface area contributed by atoms with Crippen molar-refractivity contribution < 1.29 is 18.0 Å². The molecule has 1 amide bonds. The summed E-state index contributed by atoms with van der Waals surface area (Å²) in [5, 5.41) is 2.24. The normalized spacial score (nSPS) is 10.4. The number of hydrogen-bond acceptors (Lipinski definition) is 1. The van der Waals surface area contributed by atoms with Gasteiger partial charge in [-0.05, 0) is 30.5 Å². The predicted octanol–water partition coefficient (Wildman–Crippen LogP) is 4.07. The van der Waals surface area contributed by atoms with Crippen LogP contribution in [-0.4, -0.2) is 5.91 Å². The maximum Gasteiger partial charge on any atom is 0.224 e. The molecule has 0 unspecified atom stereocenters. The van der Waals surface area contributed by atoms with E-state index in [9.17, 15) is 18.0 Å². The lowest BCUT2D eigenvalue weighted by atomic mass is 10.1. The first-order chi connectivity index (χ1) is 10.1. The fourth-order valence-corrected chi connectivity index (χ4v) is 1.93. The number of aryl methyl sites for hydroxylation is 1. The van der Waals surface area contributed by atoms with Crippen molar-refractivity contribution in [2.75, 3.05) is 5.32 Å². The first-order valence-electron chi connectivity index (χ1n) is 6.55. The van der Waals surface area contributed by atoms with Gasteiger partial charge in [0.2, 0.25) is 5.91 Å². The van der Waals surface area contributed by atoms with E-state index in [1.54, 1.807) is 0 Å². The summed E-state index contributed by atoms with van der Waals surface area (Å²) in [6, 6.07) is 11.4. The average Bonchev–Trinajstić information content (AvgIpc) is 2.49. The van der Waals surface area contributed by atoms with Crippen LogP contribution < -0.4 is 5.32 Å². The summed E-state index contributed by atoms with van der Waals surface area (Å²) < 4.78 is 39.2. The molecule has 0 atom stereocenters. The van der Waals surface area contributed by atoms with Crippen molar-refractivity contribution in [2.24, 2.45) is 0 Å². The zero-order valence-electron chi connectivity index (χ0n) is 11.2. The van der Waals surface area contributed by atoms with E-state index in [1.165, 1.54) is 0 Å². The molecule has 110 valence electrons. The molecule has 0 fully saturated rings. The highest BCUT2D eigenvalue weighted by molar-refractivity contribution is 5.90. The second-order valence-corrected chi connectivity index (χ2v) is 4.61. The highest BCUT2D eigenvalue weighted by Gasteiger charge is 2.14. The number of hydrogen-bond donors (Lipinski definition) is 1. The van der Waals surface area contributed by atoms with Gasteiger partial charge in [0.25, 0.3) is 0 Å². The maximum absolute atomic E-state index is 13.4. The minimum atomic E-state index is -1.59. The van der Waals surface area contributed by atoms with Crippen LogP contribution in [0.25, 0.3) is 0 Å². The van der Waals surface area contributed by atoms with Gasteiger partial charge < -0.3 is 5.32 Å². The fourth-order valence-electron chi connectivity index (χ4n) is 1.93. The van der Waals surface area contributed by atoms with Crippen LogP contribution in [0.2, 0.25) is 0 Å². The Labute approximate surface area is 120 Å². The second-order valence-electron chi connectivity index (χ2n) is 4.61. The minimum absolute atomic E-state index is 0.174. The third kappa shape index (κ3) is 4.08. The number of rotatable bonds is 5. The van der Waals surface area contributed by atoms with E-state index in [4.69, 9.17) is 0 Å². The van der Waals surface area contributed by atoms with Crippen LogP contribution in [0.15, 0.2) is 42.5 Å². The Kier molecular flexibility index (Phi) is 4.98. The van der Waals surface area contributed by atoms with Crippen molar-refractivity contribution in [1.29, 1.82) is 0 Å². The molecule has 2 rings (SSSR count). The third-order valence-corrected chi connectivity index (χ3v) is 3.02. The molecule has 0 aromatic heterocycles. The van der Waals surface area contributed by atoms with E-state index >= 15 is 0 Å². The Hall–Kier alpha value is -2.30. The van der Waals surface area contributed by atoms with Gasteiger partial charge in [0, 0.05) is 6.42 Å². The molecule has 21 heavy (non-hydrogen) atoms. The lowest BCUT2D eigenvalue weighted by Gasteiger charge is -2.07. The highest BCUT2D eigenvalue weighted by atomic mass is 19.2. The van der Waals surface area contributed by atoms with Crippen LogP contribution in [0.1, 0.15) is 18.4 Å². The lowest BCUT2D eigenvalue weighted by Crippen LogP contribution is -2.13. The molecule has 0 spiro atoms. The molecule has 2 nitrogen and oxygen atoms in total. The number of halogens is 3. The molecule has 5 heteroatoms. The summed E-state index contributed by atoms with van der Waals surface area (Å²) in [5.41, 5.74) is 0.753. The molecule has 2 aromatic carbocycles. The summed E-state index contributed by atoms with van der Waals surface area (Å²) in [5.74, 6) is -4.69. The standard InChI is InChI=1S/C16H14F3NO/c17-12-9-10-13(16(19)15(12)18)20-14(21)8-4-7-11-5-2-1-3-6-11/h1-3,5-6,9-10H,4,7-8H2,(H,20,21). The SMILES string of the molecule is O=C(CCCc1ccccc1)Nc1ccc(F)c(F)c1F. The minimum Gasteiger partial charge on any atom is -0.324 e. The van der Waals surface area contributed by atoms with Crippen molar-refractivity contribution in [3.63, 3.8) is 0 Å². The summed E-state index contributed by atoms with van der Waals surface area (Å²) in [6.07, 6.45) is 1.48. The van der Waals surface area contributed by atoms with E-state index in [-0.39, 0.29) is 12.1 Å². The fraction of sp³-hybridized carbons (Fsp3) is 0.188. The summed E-state index contributed by atoms with van der Waals surface area (Å²) >= 11 is 0. The molecule has 1 N–H and O–H groups in total. The molecule has 0 bridgehead atoms. The van der Waals surface area contributed by atoms with Gasteiger partial charge in [-0.1, -0.05) is 30.3 Å². The van der Waals surface area contributed by atoms with Gasteiger partial charge in [0.1, 0.15) is 0 Å². The van der Waals surface area contributed by atoms with Crippen molar-refractivity contribution in [2.45, 2.75) is 19.3 Å². The van der Waals surface area contributed by atoms with Crippen LogP contribution >= 0.6 is 0 Å². The highest BCUT2D eigenvalue weighted by Crippen LogP contribution is 2.19. The predicted molar refractivity (Wildman–Crippen MR) is 74.3 cm³/mol. The molecule has 0 saturated carbocycles. The summed E-state index contributed by atoms with van der Waals surface area (Å²) in [4.78, 5) is 11.7. The van der Waals surface area contributed by atoms with Gasteiger partial charge in [0.05, 0.1) is 5.69 Å². The Morgan fingerprint density at radius 3 is 2.38 bits per heavy atom. The first kappa shape index (κ1) is 15.1. The monoisotopic (exact) mass is 293 g/mol. The lowest BCUT2D eigenvalue weighted by molar-refractivity contribution is -0.116. The largest absolute Gasteiger partial charge is 0.324 e. The number of amides is 1. The molecule has 2 aromatic rings. The van der Waals surface area contributed by atoms with Gasteiger partial charge >= 0.3 is 0 Å². The zero-order valence-corrected chi connectivity index (χ0v) is 11.2. The van der Waals surface area contributed by atoms with Crippen molar-refractivity contribution >= 4 is 11.6 Å². The van der Waals surface area contributed by atoms with Gasteiger partial charge in [-0.25, -0.2) is 13.2 Å². The Balaban J connectivity index is 1.86. The molecule has 0 aliphatic heterocycles. The number of anilines is 1. The molecule has 0 saturated heterocycles. The van der Waals surface area contributed by atoms with Crippen LogP contribution in [0.3, 0.4) is 0 Å². The van der Waals surface area contributed by atoms with E-state index < -0.39 is 23.4 Å². The molecule has 0 heterocycles. The van der Waals surface area contributed by atoms with Crippen molar-refractivity contribution in [3.8, 4) is 0 Å². The Morgan fingerprint density at radius 1 is 0.952 bits per heavy atom. The summed E-state index contributed by atoms with van der Waals surface area (Å²) in [7, 11) is 0. The van der Waals surface area contributed by atoms with Crippen molar-refractivity contribution in [3.05, 3.63) is 65.5 Å². The smallest absolute Gasteiger partial charge is 0.224 e. The van der Waals surface area contributed by atoms with E-state index in [0.29, 0.717) is 12.8 Å². The molecule has 0 aliphatic carbocycles. The number of nitrogens with one attached hydrogen (secondary N) is 1. The molecule has 0 aliphatic rings. The van der Waals surface area contributed by atoms with Gasteiger partial charge in [-0.3, -0.25) is 4.79 Å². The average molecular weight is 293 g/mol. The number of benzene rings is 2. The van der Waals surface area contributed by atoms with E-state index in [2.05, 4.69) is 5.32 Å². The number of carbonyl (C=O) groups is 1. The van der Waals surface area contributed by atoms with Crippen LogP contribution in [-0.2, 0) is 11.2 Å². The second kappa shape index (κ2) is 6.92. The number of carbonyl (C=O) groups excluding carboxylic acids is 1. The van der Waals surface area contributed by atoms with E-state index in [0.717, 1.165) is 17.7 Å². The third-order valence-electron chi connectivity index (χ3n) is 3.02.